The molecule has 2 atom stereocenters. The average molecular weight is 337 g/mol. The van der Waals surface area contributed by atoms with Gasteiger partial charge in [0.1, 0.15) is 6.10 Å². The second-order valence-electron chi connectivity index (χ2n) is 6.02. The van der Waals surface area contributed by atoms with Crippen molar-refractivity contribution in [2.45, 2.75) is 38.4 Å². The normalized spacial score (nSPS) is 25.8. The largest absolute Gasteiger partial charge is 0.375 e. The van der Waals surface area contributed by atoms with Crippen LogP contribution in [0.2, 0.25) is 0 Å². The monoisotopic (exact) mass is 337 g/mol. The number of ether oxygens (including phenoxy) is 2. The number of aliphatic imine (C=N–C) groups is 1. The quantitative estimate of drug-likeness (QED) is 0.660. The number of rotatable bonds is 5. The van der Waals surface area contributed by atoms with Gasteiger partial charge in [0.2, 0.25) is 0 Å². The summed E-state index contributed by atoms with van der Waals surface area (Å²) in [6, 6.07) is 2.18. The van der Waals surface area contributed by atoms with Gasteiger partial charge in [-0.2, -0.15) is 11.3 Å². The van der Waals surface area contributed by atoms with Crippen molar-refractivity contribution in [3.8, 4) is 0 Å². The van der Waals surface area contributed by atoms with Crippen molar-refractivity contribution in [1.82, 2.24) is 10.2 Å². The summed E-state index contributed by atoms with van der Waals surface area (Å²) in [5.41, 5.74) is 1.37. The molecule has 2 aliphatic rings. The van der Waals surface area contributed by atoms with Crippen LogP contribution in [-0.4, -0.2) is 62.5 Å². The van der Waals surface area contributed by atoms with E-state index >= 15 is 0 Å². The highest BCUT2D eigenvalue weighted by Gasteiger charge is 2.32. The third-order valence-corrected chi connectivity index (χ3v) is 5.08. The maximum absolute atomic E-state index is 5.94. The maximum Gasteiger partial charge on any atom is 0.194 e. The van der Waals surface area contributed by atoms with E-state index in [-0.39, 0.29) is 12.2 Å². The molecule has 2 saturated heterocycles. The van der Waals surface area contributed by atoms with Crippen molar-refractivity contribution in [2.75, 3.05) is 39.4 Å². The Bertz CT molecular complexity index is 486. The summed E-state index contributed by atoms with van der Waals surface area (Å²) in [4.78, 5) is 7.14. The van der Waals surface area contributed by atoms with Crippen LogP contribution in [-0.2, 0) is 15.9 Å². The van der Waals surface area contributed by atoms with Crippen LogP contribution in [0.1, 0.15) is 25.3 Å². The van der Waals surface area contributed by atoms with Gasteiger partial charge in [-0.05, 0) is 48.6 Å². The molecule has 2 aliphatic heterocycles. The van der Waals surface area contributed by atoms with Crippen molar-refractivity contribution in [2.24, 2.45) is 4.99 Å². The Morgan fingerprint density at radius 2 is 2.30 bits per heavy atom. The Hall–Kier alpha value is -1.11. The van der Waals surface area contributed by atoms with Gasteiger partial charge in [-0.1, -0.05) is 0 Å². The fraction of sp³-hybridized carbons (Fsp3) is 0.706. The standard InChI is InChI=1S/C17H27N3O2S/c1-2-18-17(19-7-5-14-6-11-23-13-14)20-8-10-22-16(12-20)15-4-3-9-21-15/h6,11,13,15-16H,2-5,7-10,12H2,1H3,(H,18,19). The van der Waals surface area contributed by atoms with E-state index in [0.29, 0.717) is 0 Å². The van der Waals surface area contributed by atoms with E-state index in [1.807, 2.05) is 0 Å². The lowest BCUT2D eigenvalue weighted by Crippen LogP contribution is -2.53. The Kier molecular flexibility index (Phi) is 6.30. The maximum atomic E-state index is 5.94. The Morgan fingerprint density at radius 3 is 3.04 bits per heavy atom. The molecule has 0 spiro atoms. The van der Waals surface area contributed by atoms with Gasteiger partial charge in [-0.25, -0.2) is 0 Å². The van der Waals surface area contributed by atoms with Crippen molar-refractivity contribution < 1.29 is 9.47 Å². The Morgan fingerprint density at radius 1 is 1.39 bits per heavy atom. The minimum Gasteiger partial charge on any atom is -0.375 e. The first kappa shape index (κ1) is 16.7. The minimum atomic E-state index is 0.173. The SMILES string of the molecule is CCNC(=NCCc1ccsc1)N1CCOC(C2CCCO2)C1. The van der Waals surface area contributed by atoms with Crippen molar-refractivity contribution >= 4 is 17.3 Å². The molecule has 2 fully saturated rings. The highest BCUT2D eigenvalue weighted by Crippen LogP contribution is 2.21. The Balaban J connectivity index is 1.57. The van der Waals surface area contributed by atoms with Gasteiger partial charge in [-0.3, -0.25) is 4.99 Å². The van der Waals surface area contributed by atoms with E-state index in [0.717, 1.165) is 64.6 Å². The molecular formula is C17H27N3O2S. The summed E-state index contributed by atoms with van der Waals surface area (Å²) in [7, 11) is 0. The van der Waals surface area contributed by atoms with Crippen LogP contribution in [0.5, 0.6) is 0 Å². The molecule has 0 aromatic carbocycles. The van der Waals surface area contributed by atoms with E-state index in [9.17, 15) is 0 Å². The summed E-state index contributed by atoms with van der Waals surface area (Å²) in [5.74, 6) is 1.01. The van der Waals surface area contributed by atoms with Gasteiger partial charge in [-0.15, -0.1) is 0 Å². The fourth-order valence-corrected chi connectivity index (χ4v) is 3.84. The van der Waals surface area contributed by atoms with Gasteiger partial charge in [0.15, 0.2) is 5.96 Å². The molecule has 128 valence electrons. The molecule has 6 heteroatoms. The molecule has 3 heterocycles. The third kappa shape index (κ3) is 4.68. The lowest BCUT2D eigenvalue weighted by molar-refractivity contribution is -0.0817. The van der Waals surface area contributed by atoms with E-state index in [1.165, 1.54) is 5.56 Å². The first-order chi connectivity index (χ1) is 11.4. The highest BCUT2D eigenvalue weighted by atomic mass is 32.1. The zero-order valence-electron chi connectivity index (χ0n) is 13.9. The molecule has 5 nitrogen and oxygen atoms in total. The van der Waals surface area contributed by atoms with Crippen LogP contribution in [0, 0.1) is 0 Å². The van der Waals surface area contributed by atoms with Crippen molar-refractivity contribution in [1.29, 1.82) is 0 Å². The van der Waals surface area contributed by atoms with Gasteiger partial charge in [0.05, 0.1) is 12.7 Å². The zero-order chi connectivity index (χ0) is 15.9. The number of morpholine rings is 1. The van der Waals surface area contributed by atoms with Gasteiger partial charge in [0, 0.05) is 32.8 Å². The molecule has 23 heavy (non-hydrogen) atoms. The first-order valence-corrected chi connectivity index (χ1v) is 9.58. The van der Waals surface area contributed by atoms with Crippen LogP contribution in [0.15, 0.2) is 21.8 Å². The minimum absolute atomic E-state index is 0.173. The second kappa shape index (κ2) is 8.66. The molecular weight excluding hydrogens is 310 g/mol. The van der Waals surface area contributed by atoms with Crippen LogP contribution in [0.3, 0.4) is 0 Å². The lowest BCUT2D eigenvalue weighted by atomic mass is 10.1. The van der Waals surface area contributed by atoms with Crippen LogP contribution < -0.4 is 5.32 Å². The predicted octanol–water partition coefficient (Wildman–Crippen LogP) is 2.14. The third-order valence-electron chi connectivity index (χ3n) is 4.35. The topological polar surface area (TPSA) is 46.1 Å². The first-order valence-electron chi connectivity index (χ1n) is 8.64. The van der Waals surface area contributed by atoms with E-state index in [4.69, 9.17) is 14.5 Å². The Labute approximate surface area is 142 Å². The summed E-state index contributed by atoms with van der Waals surface area (Å²) in [6.45, 7) is 7.22. The molecule has 0 saturated carbocycles. The molecule has 2 unspecified atom stereocenters. The number of thiophene rings is 1. The molecule has 0 amide bonds. The molecule has 0 aliphatic carbocycles. The van der Waals surface area contributed by atoms with Gasteiger partial charge in [0.25, 0.3) is 0 Å². The molecule has 1 aromatic rings. The van der Waals surface area contributed by atoms with Crippen LogP contribution in [0.25, 0.3) is 0 Å². The van der Waals surface area contributed by atoms with E-state index in [2.05, 4.69) is 34.0 Å². The fourth-order valence-electron chi connectivity index (χ4n) is 3.14. The predicted molar refractivity (Wildman–Crippen MR) is 94.3 cm³/mol. The van der Waals surface area contributed by atoms with Gasteiger partial charge < -0.3 is 19.7 Å². The summed E-state index contributed by atoms with van der Waals surface area (Å²) in [6.07, 6.45) is 3.69. The molecule has 3 rings (SSSR count). The number of hydrogen-bond donors (Lipinski definition) is 1. The number of hydrogen-bond acceptors (Lipinski definition) is 4. The number of nitrogens with zero attached hydrogens (tertiary/aromatic N) is 2. The second-order valence-corrected chi connectivity index (χ2v) is 6.80. The number of nitrogens with one attached hydrogen (secondary N) is 1. The molecule has 1 N–H and O–H groups in total. The smallest absolute Gasteiger partial charge is 0.194 e. The van der Waals surface area contributed by atoms with Crippen molar-refractivity contribution in [3.05, 3.63) is 22.4 Å². The average Bonchev–Trinajstić information content (AvgIpc) is 3.28. The van der Waals surface area contributed by atoms with Gasteiger partial charge >= 0.3 is 0 Å². The highest BCUT2D eigenvalue weighted by molar-refractivity contribution is 7.07. The number of guanidine groups is 1. The van der Waals surface area contributed by atoms with Crippen molar-refractivity contribution in [3.63, 3.8) is 0 Å². The molecule has 0 bridgehead atoms. The summed E-state index contributed by atoms with van der Waals surface area (Å²) in [5, 5.41) is 7.75. The lowest BCUT2D eigenvalue weighted by Gasteiger charge is -2.37. The van der Waals surface area contributed by atoms with E-state index in [1.54, 1.807) is 11.3 Å². The zero-order valence-corrected chi connectivity index (χ0v) is 14.7. The molecule has 1 aromatic heterocycles. The van der Waals surface area contributed by atoms with Crippen LogP contribution in [0.4, 0.5) is 0 Å². The summed E-state index contributed by atoms with van der Waals surface area (Å²) >= 11 is 1.75. The van der Waals surface area contributed by atoms with Crippen LogP contribution >= 0.6 is 11.3 Å². The summed E-state index contributed by atoms with van der Waals surface area (Å²) < 4.78 is 11.7. The molecule has 0 radical (unpaired) electrons. The van der Waals surface area contributed by atoms with E-state index < -0.39 is 0 Å².